The molecule has 0 amide bonds. The van der Waals surface area contributed by atoms with Gasteiger partial charge in [0.05, 0.1) is 14.2 Å². The van der Waals surface area contributed by atoms with Crippen LogP contribution in [0.15, 0.2) is 23.1 Å². The second-order valence-corrected chi connectivity index (χ2v) is 7.62. The molecule has 7 heteroatoms. The Morgan fingerprint density at radius 2 is 1.95 bits per heavy atom. The zero-order valence-electron chi connectivity index (χ0n) is 13.0. The maximum absolute atomic E-state index is 13.0. The van der Waals surface area contributed by atoms with Gasteiger partial charge in [-0.25, -0.2) is 8.42 Å². The van der Waals surface area contributed by atoms with Gasteiger partial charge in [-0.05, 0) is 31.5 Å². The van der Waals surface area contributed by atoms with Gasteiger partial charge in [0.1, 0.15) is 16.4 Å². The molecule has 0 bridgehead atoms. The molecule has 3 rings (SSSR count). The molecule has 0 saturated carbocycles. The Morgan fingerprint density at radius 1 is 1.14 bits per heavy atom. The molecule has 122 valence electrons. The van der Waals surface area contributed by atoms with Crippen LogP contribution in [0.1, 0.15) is 12.8 Å². The molecule has 6 nitrogen and oxygen atoms in total. The van der Waals surface area contributed by atoms with Gasteiger partial charge in [-0.15, -0.1) is 0 Å². The fourth-order valence-electron chi connectivity index (χ4n) is 3.31. The van der Waals surface area contributed by atoms with E-state index in [0.29, 0.717) is 30.6 Å². The van der Waals surface area contributed by atoms with Crippen LogP contribution in [0.3, 0.4) is 0 Å². The standard InChI is InChI=1S/C15H22N2O4S/c1-20-13-5-6-14(21-2)15(10-13)22(18,19)17-9-8-16-7-3-4-12(16)11-17/h5-6,10,12H,3-4,7-9,11H2,1-2H3/t12-/m0/s1. The lowest BCUT2D eigenvalue weighted by Gasteiger charge is -2.36. The Morgan fingerprint density at radius 3 is 2.68 bits per heavy atom. The number of hydrogen-bond donors (Lipinski definition) is 0. The predicted molar refractivity (Wildman–Crippen MR) is 82.9 cm³/mol. The molecule has 1 atom stereocenters. The molecule has 0 aromatic heterocycles. The zero-order valence-corrected chi connectivity index (χ0v) is 13.8. The van der Waals surface area contributed by atoms with Crippen molar-refractivity contribution in [2.24, 2.45) is 0 Å². The first-order valence-corrected chi connectivity index (χ1v) is 8.96. The molecule has 2 fully saturated rings. The molecule has 1 aromatic rings. The summed E-state index contributed by atoms with van der Waals surface area (Å²) in [6, 6.07) is 5.22. The first kappa shape index (κ1) is 15.6. The summed E-state index contributed by atoms with van der Waals surface area (Å²) in [5.74, 6) is 0.869. The number of fused-ring (bicyclic) bond motifs is 1. The van der Waals surface area contributed by atoms with Crippen molar-refractivity contribution in [2.45, 2.75) is 23.8 Å². The van der Waals surface area contributed by atoms with Gasteiger partial charge < -0.3 is 9.47 Å². The van der Waals surface area contributed by atoms with Crippen LogP contribution in [0, 0.1) is 0 Å². The summed E-state index contributed by atoms with van der Waals surface area (Å²) >= 11 is 0. The molecule has 2 saturated heterocycles. The summed E-state index contributed by atoms with van der Waals surface area (Å²) < 4.78 is 38.0. The van der Waals surface area contributed by atoms with Gasteiger partial charge in [0.2, 0.25) is 10.0 Å². The Kier molecular flexibility index (Phi) is 4.29. The number of hydrogen-bond acceptors (Lipinski definition) is 5. The van der Waals surface area contributed by atoms with Crippen LogP contribution in [-0.2, 0) is 10.0 Å². The van der Waals surface area contributed by atoms with Gasteiger partial charge in [-0.2, -0.15) is 4.31 Å². The van der Waals surface area contributed by atoms with Crippen molar-refractivity contribution in [3.63, 3.8) is 0 Å². The maximum atomic E-state index is 13.0. The van der Waals surface area contributed by atoms with Crippen LogP contribution in [0.25, 0.3) is 0 Å². The highest BCUT2D eigenvalue weighted by molar-refractivity contribution is 7.89. The van der Waals surface area contributed by atoms with Crippen molar-refractivity contribution in [3.8, 4) is 11.5 Å². The molecule has 2 heterocycles. The van der Waals surface area contributed by atoms with E-state index >= 15 is 0 Å². The molecule has 2 aliphatic heterocycles. The number of sulfonamides is 1. The van der Waals surface area contributed by atoms with E-state index in [0.717, 1.165) is 25.9 Å². The van der Waals surface area contributed by atoms with E-state index in [-0.39, 0.29) is 4.90 Å². The highest BCUT2D eigenvalue weighted by atomic mass is 32.2. The van der Waals surface area contributed by atoms with Crippen LogP contribution in [0.5, 0.6) is 11.5 Å². The molecule has 1 aromatic carbocycles. The van der Waals surface area contributed by atoms with Crippen LogP contribution < -0.4 is 9.47 Å². The largest absolute Gasteiger partial charge is 0.497 e. The fraction of sp³-hybridized carbons (Fsp3) is 0.600. The Labute approximate surface area is 131 Å². The fourth-order valence-corrected chi connectivity index (χ4v) is 4.94. The monoisotopic (exact) mass is 326 g/mol. The third-order valence-electron chi connectivity index (χ3n) is 4.54. The number of rotatable bonds is 4. The van der Waals surface area contributed by atoms with E-state index in [1.165, 1.54) is 20.3 Å². The number of piperazine rings is 1. The molecule has 0 N–H and O–H groups in total. The van der Waals surface area contributed by atoms with E-state index in [1.807, 2.05) is 0 Å². The highest BCUT2D eigenvalue weighted by Gasteiger charge is 2.37. The van der Waals surface area contributed by atoms with Crippen LogP contribution in [0.4, 0.5) is 0 Å². The van der Waals surface area contributed by atoms with Crippen molar-refractivity contribution < 1.29 is 17.9 Å². The SMILES string of the molecule is COc1ccc(OC)c(S(=O)(=O)N2CCN3CCC[C@H]3C2)c1. The number of nitrogens with zero attached hydrogens (tertiary/aromatic N) is 2. The zero-order chi connectivity index (χ0) is 15.7. The van der Waals surface area contributed by atoms with E-state index in [1.54, 1.807) is 16.4 Å². The Hall–Kier alpha value is -1.31. The summed E-state index contributed by atoms with van der Waals surface area (Å²) in [6.07, 6.45) is 2.22. The van der Waals surface area contributed by atoms with Gasteiger partial charge in [0, 0.05) is 31.7 Å². The van der Waals surface area contributed by atoms with Crippen LogP contribution in [-0.4, -0.2) is 64.1 Å². The lowest BCUT2D eigenvalue weighted by atomic mass is 10.2. The third kappa shape index (κ3) is 2.68. The highest BCUT2D eigenvalue weighted by Crippen LogP contribution is 2.32. The van der Waals surface area contributed by atoms with E-state index < -0.39 is 10.0 Å². The second-order valence-electron chi connectivity index (χ2n) is 5.71. The summed E-state index contributed by atoms with van der Waals surface area (Å²) in [4.78, 5) is 2.57. The molecule has 0 aliphatic carbocycles. The number of methoxy groups -OCH3 is 2. The van der Waals surface area contributed by atoms with E-state index in [2.05, 4.69) is 4.90 Å². The minimum atomic E-state index is -3.57. The summed E-state index contributed by atoms with van der Waals surface area (Å²) in [7, 11) is -0.569. The van der Waals surface area contributed by atoms with Crippen molar-refractivity contribution in [1.29, 1.82) is 0 Å². The average Bonchev–Trinajstić information content (AvgIpc) is 3.01. The van der Waals surface area contributed by atoms with Crippen molar-refractivity contribution in [2.75, 3.05) is 40.4 Å². The topological polar surface area (TPSA) is 59.1 Å². The summed E-state index contributed by atoms with van der Waals surface area (Å²) in [5, 5.41) is 0. The summed E-state index contributed by atoms with van der Waals surface area (Å²) in [6.45, 7) is 2.97. The normalized spacial score (nSPS) is 23.3. The summed E-state index contributed by atoms with van der Waals surface area (Å²) in [5.41, 5.74) is 0. The Bertz CT molecular complexity index is 647. The van der Waals surface area contributed by atoms with Gasteiger partial charge in [0.25, 0.3) is 0 Å². The lowest BCUT2D eigenvalue weighted by Crippen LogP contribution is -2.51. The molecular formula is C15H22N2O4S. The van der Waals surface area contributed by atoms with Gasteiger partial charge in [0.15, 0.2) is 0 Å². The van der Waals surface area contributed by atoms with Crippen LogP contribution in [0.2, 0.25) is 0 Å². The lowest BCUT2D eigenvalue weighted by molar-refractivity contribution is 0.158. The molecule has 22 heavy (non-hydrogen) atoms. The minimum absolute atomic E-state index is 0.181. The van der Waals surface area contributed by atoms with Gasteiger partial charge in [-0.3, -0.25) is 4.90 Å². The maximum Gasteiger partial charge on any atom is 0.246 e. The predicted octanol–water partition coefficient (Wildman–Crippen LogP) is 1.17. The average molecular weight is 326 g/mol. The molecule has 0 spiro atoms. The first-order chi connectivity index (χ1) is 10.6. The molecule has 0 unspecified atom stereocenters. The quantitative estimate of drug-likeness (QED) is 0.831. The van der Waals surface area contributed by atoms with Crippen molar-refractivity contribution in [1.82, 2.24) is 9.21 Å². The van der Waals surface area contributed by atoms with E-state index in [9.17, 15) is 8.42 Å². The van der Waals surface area contributed by atoms with E-state index in [4.69, 9.17) is 9.47 Å². The smallest absolute Gasteiger partial charge is 0.246 e. The molecular weight excluding hydrogens is 304 g/mol. The first-order valence-electron chi connectivity index (χ1n) is 7.52. The van der Waals surface area contributed by atoms with Gasteiger partial charge >= 0.3 is 0 Å². The van der Waals surface area contributed by atoms with Crippen molar-refractivity contribution >= 4 is 10.0 Å². The van der Waals surface area contributed by atoms with Crippen molar-refractivity contribution in [3.05, 3.63) is 18.2 Å². The second kappa shape index (κ2) is 6.06. The Balaban J connectivity index is 1.92. The number of ether oxygens (including phenoxy) is 2. The third-order valence-corrected chi connectivity index (χ3v) is 6.43. The minimum Gasteiger partial charge on any atom is -0.497 e. The van der Waals surface area contributed by atoms with Crippen LogP contribution >= 0.6 is 0 Å². The number of benzene rings is 1. The molecule has 0 radical (unpaired) electrons. The molecule has 2 aliphatic rings. The van der Waals surface area contributed by atoms with Gasteiger partial charge in [-0.1, -0.05) is 0 Å².